The van der Waals surface area contributed by atoms with Crippen molar-refractivity contribution in [1.82, 2.24) is 10.3 Å². The number of nitrogens with one attached hydrogen (secondary N) is 2. The zero-order valence-corrected chi connectivity index (χ0v) is 11.6. The molecule has 20 heavy (non-hydrogen) atoms. The van der Waals surface area contributed by atoms with Crippen LogP contribution in [0, 0.1) is 11.6 Å². The lowest BCUT2D eigenvalue weighted by Crippen LogP contribution is -2.26. The summed E-state index contributed by atoms with van der Waals surface area (Å²) < 4.78 is 27.1. The van der Waals surface area contributed by atoms with Gasteiger partial charge in [0.2, 0.25) is 0 Å². The fraction of sp³-hybridized carbons (Fsp3) is 0.231. The lowest BCUT2D eigenvalue weighted by atomic mass is 10.1. The first-order chi connectivity index (χ1) is 9.61. The minimum absolute atomic E-state index is 0.0434. The summed E-state index contributed by atoms with van der Waals surface area (Å²) in [6.07, 6.45) is 2.27. The monoisotopic (exact) mass is 297 g/mol. The van der Waals surface area contributed by atoms with Crippen LogP contribution in [-0.4, -0.2) is 24.5 Å². The molecule has 0 fully saturated rings. The van der Waals surface area contributed by atoms with Crippen LogP contribution >= 0.6 is 11.3 Å². The number of halogens is 2. The fourth-order valence-corrected chi connectivity index (χ4v) is 2.32. The molecule has 7 heteroatoms. The molecule has 0 atom stereocenters. The molecule has 1 aromatic carbocycles. The average molecular weight is 297 g/mol. The van der Waals surface area contributed by atoms with E-state index in [0.717, 1.165) is 17.1 Å². The van der Waals surface area contributed by atoms with Gasteiger partial charge in [-0.15, -0.1) is 11.3 Å². The topological polar surface area (TPSA) is 54.0 Å². The molecule has 0 saturated heterocycles. The van der Waals surface area contributed by atoms with Gasteiger partial charge in [-0.2, -0.15) is 0 Å². The first kappa shape index (κ1) is 14.4. The third-order valence-electron chi connectivity index (χ3n) is 2.66. The molecule has 0 spiro atoms. The van der Waals surface area contributed by atoms with Gasteiger partial charge in [0, 0.05) is 37.2 Å². The summed E-state index contributed by atoms with van der Waals surface area (Å²) in [4.78, 5) is 15.9. The Morgan fingerprint density at radius 1 is 1.35 bits per heavy atom. The van der Waals surface area contributed by atoms with Crippen molar-refractivity contribution in [2.75, 3.05) is 18.9 Å². The molecule has 1 aromatic heterocycles. The molecule has 0 aliphatic rings. The Morgan fingerprint density at radius 3 is 2.60 bits per heavy atom. The Kier molecular flexibility index (Phi) is 4.62. The number of aromatic nitrogens is 1. The summed E-state index contributed by atoms with van der Waals surface area (Å²) in [5.41, 5.74) is -0.289. The maximum absolute atomic E-state index is 13.5. The fourth-order valence-electron chi connectivity index (χ4n) is 1.70. The van der Waals surface area contributed by atoms with Crippen molar-refractivity contribution in [2.24, 2.45) is 0 Å². The van der Waals surface area contributed by atoms with Gasteiger partial charge in [-0.25, -0.2) is 13.8 Å². The summed E-state index contributed by atoms with van der Waals surface area (Å²) in [5.74, 6) is -2.10. The summed E-state index contributed by atoms with van der Waals surface area (Å²) in [7, 11) is 1.41. The number of hydrogen-bond donors (Lipinski definition) is 2. The van der Waals surface area contributed by atoms with Gasteiger partial charge in [0.05, 0.1) is 5.01 Å². The number of rotatable bonds is 5. The molecule has 0 bridgehead atoms. The summed E-state index contributed by atoms with van der Waals surface area (Å²) >= 11 is 1.49. The highest BCUT2D eigenvalue weighted by Crippen LogP contribution is 2.20. The van der Waals surface area contributed by atoms with E-state index in [-0.39, 0.29) is 11.3 Å². The van der Waals surface area contributed by atoms with Crippen molar-refractivity contribution >= 4 is 22.9 Å². The normalized spacial score (nSPS) is 10.3. The second-order valence-corrected chi connectivity index (χ2v) is 4.98. The number of amides is 1. The molecule has 2 N–H and O–H groups in total. The molecule has 2 aromatic rings. The van der Waals surface area contributed by atoms with Crippen LogP contribution in [0.2, 0.25) is 0 Å². The molecule has 4 nitrogen and oxygen atoms in total. The average Bonchev–Trinajstić information content (AvgIpc) is 2.91. The highest BCUT2D eigenvalue weighted by atomic mass is 32.1. The molecule has 0 aliphatic carbocycles. The smallest absolute Gasteiger partial charge is 0.251 e. The van der Waals surface area contributed by atoms with Crippen LogP contribution in [0.5, 0.6) is 0 Å². The van der Waals surface area contributed by atoms with Crippen LogP contribution in [-0.2, 0) is 6.42 Å². The van der Waals surface area contributed by atoms with Gasteiger partial charge in [0.1, 0.15) is 17.3 Å². The predicted molar refractivity (Wildman–Crippen MR) is 74.1 cm³/mol. The molecule has 0 unspecified atom stereocenters. The van der Waals surface area contributed by atoms with E-state index in [1.165, 1.54) is 18.4 Å². The summed E-state index contributed by atoms with van der Waals surface area (Å²) in [6, 6.07) is 2.02. The Bertz CT molecular complexity index is 579. The number of nitrogens with zero attached hydrogens (tertiary/aromatic N) is 1. The number of benzene rings is 1. The van der Waals surface area contributed by atoms with Crippen LogP contribution in [0.4, 0.5) is 14.5 Å². The minimum atomic E-state index is -0.794. The molecule has 2 rings (SSSR count). The largest absolute Gasteiger partial charge is 0.383 e. The highest BCUT2D eigenvalue weighted by molar-refractivity contribution is 7.09. The summed E-state index contributed by atoms with van der Waals surface area (Å²) in [5, 5.41) is 7.75. The zero-order valence-electron chi connectivity index (χ0n) is 10.7. The zero-order chi connectivity index (χ0) is 14.5. The van der Waals surface area contributed by atoms with Gasteiger partial charge in [-0.3, -0.25) is 4.79 Å². The molecule has 1 amide bonds. The third-order valence-corrected chi connectivity index (χ3v) is 3.50. The number of carbonyl (C=O) groups excluding carboxylic acids is 1. The van der Waals surface area contributed by atoms with Gasteiger partial charge in [-0.1, -0.05) is 0 Å². The molecular weight excluding hydrogens is 284 g/mol. The van der Waals surface area contributed by atoms with E-state index in [0.29, 0.717) is 13.0 Å². The predicted octanol–water partition coefficient (Wildman–Crippen LogP) is 2.44. The SMILES string of the molecule is CNc1c(F)cc(C(=O)NCCc2nccs2)cc1F. The number of anilines is 1. The van der Waals surface area contributed by atoms with Crippen LogP contribution in [0.1, 0.15) is 15.4 Å². The van der Waals surface area contributed by atoms with Crippen LogP contribution in [0.15, 0.2) is 23.7 Å². The first-order valence-corrected chi connectivity index (χ1v) is 6.83. The second kappa shape index (κ2) is 6.42. The van der Waals surface area contributed by atoms with E-state index in [4.69, 9.17) is 0 Å². The molecular formula is C13H13F2N3OS. The van der Waals surface area contributed by atoms with Gasteiger partial charge in [0.15, 0.2) is 0 Å². The standard InChI is InChI=1S/C13H13F2N3OS/c1-16-12-9(14)6-8(7-10(12)15)13(19)18-3-2-11-17-4-5-20-11/h4-7,16H,2-3H2,1H3,(H,18,19). The Hall–Kier alpha value is -2.02. The maximum atomic E-state index is 13.5. The Balaban J connectivity index is 1.99. The van der Waals surface area contributed by atoms with E-state index in [1.807, 2.05) is 5.38 Å². The molecule has 0 radical (unpaired) electrons. The minimum Gasteiger partial charge on any atom is -0.383 e. The van der Waals surface area contributed by atoms with Crippen LogP contribution in [0.25, 0.3) is 0 Å². The van der Waals surface area contributed by atoms with Crippen molar-refractivity contribution < 1.29 is 13.6 Å². The number of thiazole rings is 1. The number of carbonyl (C=O) groups is 1. The highest BCUT2D eigenvalue weighted by Gasteiger charge is 2.14. The van der Waals surface area contributed by atoms with E-state index < -0.39 is 17.5 Å². The van der Waals surface area contributed by atoms with Crippen molar-refractivity contribution in [1.29, 1.82) is 0 Å². The lowest BCUT2D eigenvalue weighted by Gasteiger charge is -2.08. The van der Waals surface area contributed by atoms with Gasteiger partial charge >= 0.3 is 0 Å². The first-order valence-electron chi connectivity index (χ1n) is 5.95. The number of hydrogen-bond acceptors (Lipinski definition) is 4. The third kappa shape index (κ3) is 3.30. The van der Waals surface area contributed by atoms with Crippen LogP contribution in [0.3, 0.4) is 0 Å². The van der Waals surface area contributed by atoms with E-state index in [1.54, 1.807) is 6.20 Å². The Morgan fingerprint density at radius 2 is 2.05 bits per heavy atom. The van der Waals surface area contributed by atoms with E-state index >= 15 is 0 Å². The van der Waals surface area contributed by atoms with Crippen LogP contribution < -0.4 is 10.6 Å². The van der Waals surface area contributed by atoms with E-state index in [9.17, 15) is 13.6 Å². The van der Waals surface area contributed by atoms with Crippen molar-refractivity contribution in [3.63, 3.8) is 0 Å². The lowest BCUT2D eigenvalue weighted by molar-refractivity contribution is 0.0953. The van der Waals surface area contributed by atoms with Gasteiger partial charge in [-0.05, 0) is 12.1 Å². The Labute approximate surface area is 118 Å². The van der Waals surface area contributed by atoms with E-state index in [2.05, 4.69) is 15.6 Å². The molecule has 0 saturated carbocycles. The summed E-state index contributed by atoms with van der Waals surface area (Å²) in [6.45, 7) is 0.364. The van der Waals surface area contributed by atoms with Crippen molar-refractivity contribution in [2.45, 2.75) is 6.42 Å². The van der Waals surface area contributed by atoms with Gasteiger partial charge in [0.25, 0.3) is 5.91 Å². The van der Waals surface area contributed by atoms with Gasteiger partial charge < -0.3 is 10.6 Å². The quantitative estimate of drug-likeness (QED) is 0.891. The van der Waals surface area contributed by atoms with Crippen molar-refractivity contribution in [3.8, 4) is 0 Å². The second-order valence-electron chi connectivity index (χ2n) is 4.00. The van der Waals surface area contributed by atoms with Crippen molar-refractivity contribution in [3.05, 3.63) is 45.9 Å². The molecule has 106 valence electrons. The molecule has 0 aliphatic heterocycles. The molecule has 1 heterocycles. The maximum Gasteiger partial charge on any atom is 0.251 e.